The van der Waals surface area contributed by atoms with Gasteiger partial charge in [0.05, 0.1) is 42.5 Å². The maximum atomic E-state index is 5.97. The van der Waals surface area contributed by atoms with Crippen LogP contribution in [-0.2, 0) is 29.7 Å². The van der Waals surface area contributed by atoms with Crippen LogP contribution < -0.4 is 0 Å². The van der Waals surface area contributed by atoms with Crippen molar-refractivity contribution in [1.82, 2.24) is 19.4 Å². The van der Waals surface area contributed by atoms with E-state index in [2.05, 4.69) is 31.9 Å². The molecular weight excluding hydrogens is 324 g/mol. The molecule has 0 N–H and O–H groups in total. The van der Waals surface area contributed by atoms with Crippen LogP contribution in [0.25, 0.3) is 0 Å². The highest BCUT2D eigenvalue weighted by Crippen LogP contribution is 2.27. The van der Waals surface area contributed by atoms with Gasteiger partial charge in [-0.15, -0.1) is 11.3 Å². The van der Waals surface area contributed by atoms with Crippen molar-refractivity contribution in [3.05, 3.63) is 33.8 Å². The van der Waals surface area contributed by atoms with Gasteiger partial charge in [0.1, 0.15) is 0 Å². The Balaban J connectivity index is 1.60. The van der Waals surface area contributed by atoms with Gasteiger partial charge in [-0.25, -0.2) is 9.97 Å². The van der Waals surface area contributed by atoms with Gasteiger partial charge in [0.2, 0.25) is 0 Å². The summed E-state index contributed by atoms with van der Waals surface area (Å²) >= 11 is 1.67. The molecule has 7 heteroatoms. The van der Waals surface area contributed by atoms with Gasteiger partial charge < -0.3 is 14.0 Å². The summed E-state index contributed by atoms with van der Waals surface area (Å²) in [6, 6.07) is 0. The van der Waals surface area contributed by atoms with Gasteiger partial charge in [0.25, 0.3) is 0 Å². The fourth-order valence-corrected chi connectivity index (χ4v) is 3.83. The number of aryl methyl sites for hydroxylation is 2. The molecule has 2 aromatic rings. The molecular formula is C17H26N4O2S. The van der Waals surface area contributed by atoms with Crippen molar-refractivity contribution in [3.8, 4) is 0 Å². The van der Waals surface area contributed by atoms with Crippen LogP contribution in [0, 0.1) is 6.92 Å². The Morgan fingerprint density at radius 2 is 2.25 bits per heavy atom. The lowest BCUT2D eigenvalue weighted by molar-refractivity contribution is 0.0681. The molecule has 0 saturated carbocycles. The molecule has 0 radical (unpaired) electrons. The Kier molecular flexibility index (Phi) is 5.99. The highest BCUT2D eigenvalue weighted by Gasteiger charge is 2.28. The third kappa shape index (κ3) is 4.22. The van der Waals surface area contributed by atoms with E-state index < -0.39 is 0 Å². The zero-order valence-electron chi connectivity index (χ0n) is 14.7. The number of aromatic nitrogens is 3. The predicted octanol–water partition coefficient (Wildman–Crippen LogP) is 2.34. The summed E-state index contributed by atoms with van der Waals surface area (Å²) in [6.45, 7) is 9.66. The number of rotatable bonds is 8. The third-order valence-electron chi connectivity index (χ3n) is 4.29. The molecule has 0 aliphatic carbocycles. The first-order chi connectivity index (χ1) is 11.7. The van der Waals surface area contributed by atoms with Crippen LogP contribution in [0.1, 0.15) is 34.9 Å². The van der Waals surface area contributed by atoms with E-state index in [9.17, 15) is 0 Å². The molecule has 0 bridgehead atoms. The van der Waals surface area contributed by atoms with E-state index in [4.69, 9.17) is 9.47 Å². The van der Waals surface area contributed by atoms with Crippen molar-refractivity contribution < 1.29 is 9.47 Å². The number of ether oxygens (including phenoxy) is 2. The standard InChI is InChI=1S/C17H26N4O2S/c1-4-22-6-5-21-7-14(17-16(8-21)18-12-20(17)3)9-23-10-15-11-24-13(2)19-15/h11-12,14H,4-10H2,1-3H3/t14-/m0/s1. The van der Waals surface area contributed by atoms with Crippen molar-refractivity contribution in [3.63, 3.8) is 0 Å². The highest BCUT2D eigenvalue weighted by atomic mass is 32.1. The third-order valence-corrected chi connectivity index (χ3v) is 5.11. The molecule has 6 nitrogen and oxygen atoms in total. The summed E-state index contributed by atoms with van der Waals surface area (Å²) in [5.41, 5.74) is 3.49. The molecule has 3 rings (SSSR count). The number of hydrogen-bond acceptors (Lipinski definition) is 6. The Morgan fingerprint density at radius 1 is 1.38 bits per heavy atom. The highest BCUT2D eigenvalue weighted by molar-refractivity contribution is 7.09. The van der Waals surface area contributed by atoms with Crippen LogP contribution in [0.4, 0.5) is 0 Å². The second-order valence-corrected chi connectivity index (χ2v) is 7.25. The van der Waals surface area contributed by atoms with Crippen molar-refractivity contribution in [2.24, 2.45) is 7.05 Å². The van der Waals surface area contributed by atoms with Crippen molar-refractivity contribution >= 4 is 11.3 Å². The Morgan fingerprint density at radius 3 is 3.00 bits per heavy atom. The largest absolute Gasteiger partial charge is 0.380 e. The van der Waals surface area contributed by atoms with Gasteiger partial charge in [-0.2, -0.15) is 0 Å². The Labute approximate surface area is 147 Å². The number of imidazole rings is 1. The first-order valence-corrected chi connectivity index (χ1v) is 9.34. The minimum absolute atomic E-state index is 0.336. The maximum Gasteiger partial charge on any atom is 0.0949 e. The lowest BCUT2D eigenvalue weighted by atomic mass is 9.99. The molecule has 2 aromatic heterocycles. The molecule has 3 heterocycles. The first-order valence-electron chi connectivity index (χ1n) is 8.46. The van der Waals surface area contributed by atoms with Crippen molar-refractivity contribution in [2.45, 2.75) is 32.9 Å². The van der Waals surface area contributed by atoms with Gasteiger partial charge >= 0.3 is 0 Å². The van der Waals surface area contributed by atoms with E-state index in [1.807, 2.05) is 20.2 Å². The predicted molar refractivity (Wildman–Crippen MR) is 94.2 cm³/mol. The average molecular weight is 350 g/mol. The van der Waals surface area contributed by atoms with Gasteiger partial charge in [0.15, 0.2) is 0 Å². The summed E-state index contributed by atoms with van der Waals surface area (Å²) in [7, 11) is 2.07. The Hall–Kier alpha value is -1.28. The molecule has 24 heavy (non-hydrogen) atoms. The molecule has 0 amide bonds. The van der Waals surface area contributed by atoms with Gasteiger partial charge in [-0.3, -0.25) is 4.90 Å². The van der Waals surface area contributed by atoms with Crippen LogP contribution in [0.2, 0.25) is 0 Å². The van der Waals surface area contributed by atoms with Crippen LogP contribution >= 0.6 is 11.3 Å². The van der Waals surface area contributed by atoms with E-state index in [1.165, 1.54) is 11.4 Å². The topological polar surface area (TPSA) is 52.4 Å². The number of hydrogen-bond donors (Lipinski definition) is 0. The van der Waals surface area contributed by atoms with Gasteiger partial charge in [0, 0.05) is 50.3 Å². The lowest BCUT2D eigenvalue weighted by Gasteiger charge is -2.32. The zero-order chi connectivity index (χ0) is 16.9. The van der Waals surface area contributed by atoms with Crippen LogP contribution in [0.3, 0.4) is 0 Å². The summed E-state index contributed by atoms with van der Waals surface area (Å²) in [5.74, 6) is 0.336. The molecule has 1 aliphatic heterocycles. The molecule has 132 valence electrons. The number of fused-ring (bicyclic) bond motifs is 1. The molecule has 0 spiro atoms. The fraction of sp³-hybridized carbons (Fsp3) is 0.647. The van der Waals surface area contributed by atoms with Gasteiger partial charge in [-0.1, -0.05) is 0 Å². The van der Waals surface area contributed by atoms with Crippen molar-refractivity contribution in [1.29, 1.82) is 0 Å². The molecule has 0 unspecified atom stereocenters. The van der Waals surface area contributed by atoms with Crippen LogP contribution in [-0.4, -0.2) is 52.3 Å². The van der Waals surface area contributed by atoms with Crippen molar-refractivity contribution in [2.75, 3.05) is 32.9 Å². The van der Waals surface area contributed by atoms with E-state index in [-0.39, 0.29) is 0 Å². The Bertz CT molecular complexity index is 655. The lowest BCUT2D eigenvalue weighted by Crippen LogP contribution is -2.38. The van der Waals surface area contributed by atoms with Crippen LogP contribution in [0.5, 0.6) is 0 Å². The maximum absolute atomic E-state index is 5.97. The summed E-state index contributed by atoms with van der Waals surface area (Å²) in [4.78, 5) is 11.4. The normalized spacial score (nSPS) is 18.0. The van der Waals surface area contributed by atoms with Crippen LogP contribution in [0.15, 0.2) is 11.7 Å². The summed E-state index contributed by atoms with van der Waals surface area (Å²) in [5, 5.41) is 3.15. The first kappa shape index (κ1) is 17.5. The minimum Gasteiger partial charge on any atom is -0.380 e. The van der Waals surface area contributed by atoms with E-state index >= 15 is 0 Å². The zero-order valence-corrected chi connectivity index (χ0v) is 15.5. The van der Waals surface area contributed by atoms with E-state index in [1.54, 1.807) is 11.3 Å². The molecule has 1 atom stereocenters. The molecule has 0 saturated heterocycles. The van der Waals surface area contributed by atoms with E-state index in [0.717, 1.165) is 43.5 Å². The smallest absolute Gasteiger partial charge is 0.0949 e. The molecule has 1 aliphatic rings. The number of thiazole rings is 1. The molecule has 0 fully saturated rings. The SMILES string of the molecule is CCOCCN1Cc2ncn(C)c2[C@H](COCc2csc(C)n2)C1. The van der Waals surface area contributed by atoms with E-state index in [0.29, 0.717) is 19.1 Å². The summed E-state index contributed by atoms with van der Waals surface area (Å²) in [6.07, 6.45) is 1.91. The summed E-state index contributed by atoms with van der Waals surface area (Å²) < 4.78 is 13.6. The number of nitrogens with zero attached hydrogens (tertiary/aromatic N) is 4. The van der Waals surface area contributed by atoms with Gasteiger partial charge in [-0.05, 0) is 13.8 Å². The minimum atomic E-state index is 0.336. The molecule has 0 aromatic carbocycles. The second kappa shape index (κ2) is 8.20. The monoisotopic (exact) mass is 350 g/mol. The second-order valence-electron chi connectivity index (χ2n) is 6.19. The average Bonchev–Trinajstić information content (AvgIpc) is 3.14. The quantitative estimate of drug-likeness (QED) is 0.684. The fourth-order valence-electron chi connectivity index (χ4n) is 3.23.